The lowest BCUT2D eigenvalue weighted by atomic mass is 10.5. The van der Waals surface area contributed by atoms with E-state index in [1.165, 1.54) is 18.4 Å². The van der Waals surface area contributed by atoms with Gasteiger partial charge in [0.15, 0.2) is 5.00 Å². The molecule has 0 saturated heterocycles. The van der Waals surface area contributed by atoms with Gasteiger partial charge in [0.2, 0.25) is 0 Å². The summed E-state index contributed by atoms with van der Waals surface area (Å²) in [5.74, 6) is 0. The molecule has 0 fully saturated rings. The maximum absolute atomic E-state index is 12.1. The van der Waals surface area contributed by atoms with Gasteiger partial charge in [0, 0.05) is 18.5 Å². The molecule has 2 aromatic rings. The van der Waals surface area contributed by atoms with Crippen molar-refractivity contribution in [2.45, 2.75) is 10.8 Å². The molecule has 0 aliphatic carbocycles. The maximum atomic E-state index is 12.1. The molecule has 20 heavy (non-hydrogen) atoms. The first-order valence-electron chi connectivity index (χ1n) is 5.26. The predicted octanol–water partition coefficient (Wildman–Crippen LogP) is 1.63. The Hall–Kier alpha value is -1.56. The van der Waals surface area contributed by atoms with Crippen LogP contribution in [0.2, 0.25) is 0 Å². The quantitative estimate of drug-likeness (QED) is 0.613. The molecular weight excluding hydrogens is 324 g/mol. The molecule has 108 valence electrons. The van der Waals surface area contributed by atoms with E-state index in [-0.39, 0.29) is 21.4 Å². The molecule has 0 spiro atoms. The first-order chi connectivity index (χ1) is 9.44. The zero-order valence-corrected chi connectivity index (χ0v) is 12.6. The van der Waals surface area contributed by atoms with E-state index in [1.807, 2.05) is 0 Å². The second kappa shape index (κ2) is 5.83. The van der Waals surface area contributed by atoms with Gasteiger partial charge in [-0.3, -0.25) is 10.1 Å². The van der Waals surface area contributed by atoms with E-state index in [0.717, 1.165) is 17.4 Å². The van der Waals surface area contributed by atoms with Crippen LogP contribution in [-0.2, 0) is 16.6 Å². The second-order valence-electron chi connectivity index (χ2n) is 3.59. The fourth-order valence-corrected chi connectivity index (χ4v) is 4.25. The van der Waals surface area contributed by atoms with Gasteiger partial charge < -0.3 is 5.32 Å². The van der Waals surface area contributed by atoms with Crippen LogP contribution in [0.4, 0.5) is 10.7 Å². The highest BCUT2D eigenvalue weighted by atomic mass is 32.2. The lowest BCUT2D eigenvalue weighted by molar-refractivity contribution is -0.383. The van der Waals surface area contributed by atoms with Crippen molar-refractivity contribution in [2.75, 3.05) is 12.4 Å². The molecule has 2 rings (SSSR count). The van der Waals surface area contributed by atoms with Crippen molar-refractivity contribution >= 4 is 43.4 Å². The van der Waals surface area contributed by atoms with E-state index >= 15 is 0 Å². The van der Waals surface area contributed by atoms with Crippen LogP contribution in [0.1, 0.15) is 5.69 Å². The van der Waals surface area contributed by atoms with Crippen LogP contribution in [0.15, 0.2) is 21.2 Å². The summed E-state index contributed by atoms with van der Waals surface area (Å²) in [7, 11) is -2.29. The van der Waals surface area contributed by atoms with Crippen molar-refractivity contribution < 1.29 is 13.3 Å². The average Bonchev–Trinajstić information content (AvgIpc) is 3.05. The van der Waals surface area contributed by atoms with Crippen molar-refractivity contribution in [1.29, 1.82) is 0 Å². The van der Waals surface area contributed by atoms with Gasteiger partial charge in [-0.2, -0.15) is 0 Å². The summed E-state index contributed by atoms with van der Waals surface area (Å²) in [6.07, 6.45) is 0. The van der Waals surface area contributed by atoms with Gasteiger partial charge in [0.05, 0.1) is 22.7 Å². The highest BCUT2D eigenvalue weighted by Crippen LogP contribution is 2.36. The van der Waals surface area contributed by atoms with Gasteiger partial charge in [-0.1, -0.05) is 11.3 Å². The Balaban J connectivity index is 2.23. The third kappa shape index (κ3) is 3.12. The average molecular weight is 334 g/mol. The minimum atomic E-state index is -3.79. The van der Waals surface area contributed by atoms with Crippen molar-refractivity contribution in [2.24, 2.45) is 0 Å². The predicted molar refractivity (Wildman–Crippen MR) is 76.7 cm³/mol. The Labute approximate surface area is 122 Å². The van der Waals surface area contributed by atoms with Crippen molar-refractivity contribution in [3.63, 3.8) is 0 Å². The van der Waals surface area contributed by atoms with Crippen LogP contribution in [0.3, 0.4) is 0 Å². The Morgan fingerprint density at radius 2 is 2.25 bits per heavy atom. The highest BCUT2D eigenvalue weighted by molar-refractivity contribution is 7.91. The zero-order chi connectivity index (χ0) is 14.8. The van der Waals surface area contributed by atoms with Gasteiger partial charge in [-0.25, -0.2) is 18.1 Å². The monoisotopic (exact) mass is 334 g/mol. The number of anilines is 1. The molecule has 2 aromatic heterocycles. The number of hydrogen-bond acceptors (Lipinski definition) is 8. The summed E-state index contributed by atoms with van der Waals surface area (Å²) in [6.45, 7) is 0.0480. The molecule has 0 radical (unpaired) electrons. The molecule has 2 heterocycles. The molecule has 0 aliphatic rings. The molecule has 8 nitrogen and oxygen atoms in total. The molecule has 0 unspecified atom stereocenters. The number of aromatic nitrogens is 1. The topological polar surface area (TPSA) is 114 Å². The summed E-state index contributed by atoms with van der Waals surface area (Å²) in [6, 6.07) is 1.04. The minimum Gasteiger partial charge on any atom is -0.374 e. The Morgan fingerprint density at radius 1 is 1.50 bits per heavy atom. The van der Waals surface area contributed by atoms with Gasteiger partial charge >= 0.3 is 5.69 Å². The van der Waals surface area contributed by atoms with E-state index in [1.54, 1.807) is 10.9 Å². The summed E-state index contributed by atoms with van der Waals surface area (Å²) in [5.41, 5.74) is 1.93. The van der Waals surface area contributed by atoms with Gasteiger partial charge in [-0.15, -0.1) is 11.3 Å². The van der Waals surface area contributed by atoms with Crippen LogP contribution < -0.4 is 10.0 Å². The normalized spacial score (nSPS) is 11.4. The van der Waals surface area contributed by atoms with Gasteiger partial charge in [0.25, 0.3) is 10.0 Å². The first kappa shape index (κ1) is 14.8. The molecule has 0 amide bonds. The third-order valence-electron chi connectivity index (χ3n) is 2.31. The molecule has 0 bridgehead atoms. The largest absolute Gasteiger partial charge is 0.374 e. The van der Waals surface area contributed by atoms with Crippen molar-refractivity contribution in [3.8, 4) is 0 Å². The van der Waals surface area contributed by atoms with Crippen LogP contribution in [0.25, 0.3) is 0 Å². The van der Waals surface area contributed by atoms with Crippen molar-refractivity contribution in [1.82, 2.24) is 9.71 Å². The minimum absolute atomic E-state index is 0.0480. The Kier molecular flexibility index (Phi) is 4.32. The Morgan fingerprint density at radius 3 is 2.75 bits per heavy atom. The number of sulfonamides is 1. The van der Waals surface area contributed by atoms with E-state index < -0.39 is 14.9 Å². The zero-order valence-electron chi connectivity index (χ0n) is 10.2. The summed E-state index contributed by atoms with van der Waals surface area (Å²) >= 11 is 2.17. The van der Waals surface area contributed by atoms with E-state index in [2.05, 4.69) is 15.0 Å². The summed E-state index contributed by atoms with van der Waals surface area (Å²) in [5, 5.41) is 15.3. The molecule has 0 aliphatic heterocycles. The fourth-order valence-electron chi connectivity index (χ4n) is 1.37. The number of thiazole rings is 1. The van der Waals surface area contributed by atoms with Crippen LogP contribution in [0, 0.1) is 10.1 Å². The smallest absolute Gasteiger partial charge is 0.304 e. The van der Waals surface area contributed by atoms with Gasteiger partial charge in [-0.05, 0) is 0 Å². The lowest BCUT2D eigenvalue weighted by Crippen LogP contribution is -2.22. The molecule has 0 saturated carbocycles. The Bertz CT molecular complexity index is 708. The summed E-state index contributed by atoms with van der Waals surface area (Å²) in [4.78, 5) is 14.1. The molecule has 0 aromatic carbocycles. The number of nitrogens with zero attached hydrogens (tertiary/aromatic N) is 2. The van der Waals surface area contributed by atoms with Crippen LogP contribution in [0.5, 0.6) is 0 Å². The number of thiophene rings is 1. The number of rotatable bonds is 6. The molecule has 0 atom stereocenters. The third-order valence-corrected chi connectivity index (χ3v) is 5.96. The van der Waals surface area contributed by atoms with Crippen LogP contribution in [-0.4, -0.2) is 25.4 Å². The SMILES string of the molecule is CNc1sc(S(=O)(=O)NCc2cscn2)cc1[N+](=O)[O-]. The molecule has 2 N–H and O–H groups in total. The van der Waals surface area contributed by atoms with Crippen molar-refractivity contribution in [3.05, 3.63) is 32.8 Å². The first-order valence-corrected chi connectivity index (χ1v) is 8.51. The number of nitrogens with one attached hydrogen (secondary N) is 2. The molecular formula is C9H10N4O4S3. The second-order valence-corrected chi connectivity index (χ2v) is 7.36. The van der Waals surface area contributed by atoms with Crippen LogP contribution >= 0.6 is 22.7 Å². The lowest BCUT2D eigenvalue weighted by Gasteiger charge is -2.01. The van der Waals surface area contributed by atoms with E-state index in [0.29, 0.717) is 5.69 Å². The number of nitro groups is 1. The standard InChI is InChI=1S/C9H10N4O4S3/c1-10-9-7(13(14)15)2-8(19-9)20(16,17)12-3-6-4-18-5-11-6/h2,4-5,10,12H,3H2,1H3. The highest BCUT2D eigenvalue weighted by Gasteiger charge is 2.25. The van der Waals surface area contributed by atoms with E-state index in [9.17, 15) is 18.5 Å². The van der Waals surface area contributed by atoms with Gasteiger partial charge in [0.1, 0.15) is 4.21 Å². The fraction of sp³-hybridized carbons (Fsp3) is 0.222. The maximum Gasteiger partial charge on any atom is 0.304 e. The van der Waals surface area contributed by atoms with E-state index in [4.69, 9.17) is 0 Å². The number of hydrogen-bond donors (Lipinski definition) is 2. The summed E-state index contributed by atoms with van der Waals surface area (Å²) < 4.78 is 26.4. The molecule has 11 heteroatoms.